The molecule has 7 nitrogen and oxygen atoms in total. The van der Waals surface area contributed by atoms with E-state index in [0.29, 0.717) is 18.7 Å². The summed E-state index contributed by atoms with van der Waals surface area (Å²) in [5.41, 5.74) is 0.184. The second-order valence-corrected chi connectivity index (χ2v) is 6.78. The monoisotopic (exact) mass is 281 g/mol. The summed E-state index contributed by atoms with van der Waals surface area (Å²) >= 11 is 0. The van der Waals surface area contributed by atoms with E-state index in [9.17, 15) is 13.2 Å². The number of carboxylic acid groups (broad SMARTS) is 1. The minimum atomic E-state index is -3.21. The summed E-state index contributed by atoms with van der Waals surface area (Å²) in [5.74, 6) is -0.667. The fourth-order valence-corrected chi connectivity index (χ4v) is 4.26. The first-order valence-electron chi connectivity index (χ1n) is 5.79. The van der Waals surface area contributed by atoms with Crippen LogP contribution in [-0.4, -0.2) is 39.8 Å². The molecule has 0 aromatic carbocycles. The van der Waals surface area contributed by atoms with E-state index in [1.807, 2.05) is 0 Å². The first-order chi connectivity index (χ1) is 9.00. The molecule has 1 aliphatic heterocycles. The van der Waals surface area contributed by atoms with Gasteiger partial charge in [0.2, 0.25) is 0 Å². The van der Waals surface area contributed by atoms with Crippen LogP contribution in [0, 0.1) is 0 Å². The molecular formula is C11H11N3O4S. The quantitative estimate of drug-likeness (QED) is 0.868. The van der Waals surface area contributed by atoms with Gasteiger partial charge in [0, 0.05) is 6.20 Å². The highest BCUT2D eigenvalue weighted by Crippen LogP contribution is 2.33. The van der Waals surface area contributed by atoms with Crippen molar-refractivity contribution in [1.82, 2.24) is 14.6 Å². The number of aromatic carboxylic acids is 1. The van der Waals surface area contributed by atoms with Crippen LogP contribution in [0.3, 0.4) is 0 Å². The number of hydrogen-bond donors (Lipinski definition) is 1. The molecule has 19 heavy (non-hydrogen) atoms. The van der Waals surface area contributed by atoms with Crippen molar-refractivity contribution in [2.75, 3.05) is 5.75 Å². The Morgan fingerprint density at radius 3 is 2.84 bits per heavy atom. The predicted octanol–water partition coefficient (Wildman–Crippen LogP) is 0.677. The number of rotatable bonds is 2. The third-order valence-corrected chi connectivity index (χ3v) is 5.48. The summed E-state index contributed by atoms with van der Waals surface area (Å²) in [4.78, 5) is 11.1. The standard InChI is InChI=1S/C11H11N3O4S/c15-11(16)7-3-1-5-14-9(7)12-13-10(14)8-4-2-6-19(8,17)18/h1,3,5,8H,2,4,6H2,(H,15,16). The Hall–Kier alpha value is -1.96. The lowest BCUT2D eigenvalue weighted by molar-refractivity contribution is 0.0698. The first kappa shape index (κ1) is 12.1. The highest BCUT2D eigenvalue weighted by molar-refractivity contribution is 7.91. The molecule has 0 bridgehead atoms. The van der Waals surface area contributed by atoms with Crippen molar-refractivity contribution < 1.29 is 18.3 Å². The Balaban J connectivity index is 2.22. The van der Waals surface area contributed by atoms with Crippen LogP contribution in [-0.2, 0) is 9.84 Å². The number of carbonyl (C=O) groups is 1. The molecule has 2 aromatic heterocycles. The van der Waals surface area contributed by atoms with Crippen LogP contribution in [0.15, 0.2) is 18.3 Å². The summed E-state index contributed by atoms with van der Waals surface area (Å²) in [7, 11) is -3.21. The molecular weight excluding hydrogens is 270 g/mol. The van der Waals surface area contributed by atoms with Gasteiger partial charge in [0.1, 0.15) is 10.8 Å². The third kappa shape index (κ3) is 1.79. The van der Waals surface area contributed by atoms with Crippen LogP contribution in [0.25, 0.3) is 5.65 Å². The van der Waals surface area contributed by atoms with Crippen LogP contribution in [0.5, 0.6) is 0 Å². The summed E-state index contributed by atoms with van der Waals surface area (Å²) in [6.45, 7) is 0. The highest BCUT2D eigenvalue weighted by atomic mass is 32.2. The van der Waals surface area contributed by atoms with Crippen molar-refractivity contribution in [2.24, 2.45) is 0 Å². The Bertz CT molecular complexity index is 765. The molecule has 0 aliphatic carbocycles. The van der Waals surface area contributed by atoms with Gasteiger partial charge in [-0.15, -0.1) is 10.2 Å². The zero-order valence-corrected chi connectivity index (χ0v) is 10.7. The number of nitrogens with zero attached hydrogens (tertiary/aromatic N) is 3. The van der Waals surface area contributed by atoms with Crippen molar-refractivity contribution in [3.63, 3.8) is 0 Å². The van der Waals surface area contributed by atoms with Crippen LogP contribution in [0.2, 0.25) is 0 Å². The molecule has 2 aromatic rings. The molecule has 3 rings (SSSR count). The molecule has 0 saturated carbocycles. The number of fused-ring (bicyclic) bond motifs is 1. The second kappa shape index (κ2) is 4.02. The molecule has 1 saturated heterocycles. The summed E-state index contributed by atoms with van der Waals surface area (Å²) in [6, 6.07) is 2.96. The average Bonchev–Trinajstić information content (AvgIpc) is 2.91. The zero-order chi connectivity index (χ0) is 13.6. The van der Waals surface area contributed by atoms with Crippen molar-refractivity contribution in [1.29, 1.82) is 0 Å². The van der Waals surface area contributed by atoms with E-state index in [0.717, 1.165) is 0 Å². The largest absolute Gasteiger partial charge is 0.478 e. The van der Waals surface area contributed by atoms with E-state index >= 15 is 0 Å². The maximum Gasteiger partial charge on any atom is 0.339 e. The van der Waals surface area contributed by atoms with Crippen molar-refractivity contribution >= 4 is 21.5 Å². The van der Waals surface area contributed by atoms with Gasteiger partial charge in [-0.3, -0.25) is 4.40 Å². The maximum absolute atomic E-state index is 11.9. The molecule has 8 heteroatoms. The highest BCUT2D eigenvalue weighted by Gasteiger charge is 2.36. The van der Waals surface area contributed by atoms with Gasteiger partial charge in [0.15, 0.2) is 21.3 Å². The molecule has 1 atom stereocenters. The molecule has 3 heterocycles. The lowest BCUT2D eigenvalue weighted by Gasteiger charge is -2.07. The molecule has 0 spiro atoms. The normalized spacial score (nSPS) is 21.8. The average molecular weight is 281 g/mol. The van der Waals surface area contributed by atoms with E-state index in [1.165, 1.54) is 10.5 Å². The van der Waals surface area contributed by atoms with Crippen LogP contribution < -0.4 is 0 Å². The van der Waals surface area contributed by atoms with E-state index in [2.05, 4.69) is 10.2 Å². The van der Waals surface area contributed by atoms with Crippen LogP contribution in [0.1, 0.15) is 34.3 Å². The van der Waals surface area contributed by atoms with Gasteiger partial charge in [-0.1, -0.05) is 0 Å². The predicted molar refractivity (Wildman–Crippen MR) is 65.7 cm³/mol. The summed E-state index contributed by atoms with van der Waals surface area (Å²) in [5, 5.41) is 16.1. The summed E-state index contributed by atoms with van der Waals surface area (Å²) < 4.78 is 25.3. The first-order valence-corrected chi connectivity index (χ1v) is 7.51. The topological polar surface area (TPSA) is 102 Å². The van der Waals surface area contributed by atoms with Crippen molar-refractivity contribution in [3.05, 3.63) is 29.7 Å². The van der Waals surface area contributed by atoms with E-state index in [1.54, 1.807) is 12.3 Å². The maximum atomic E-state index is 11.9. The number of pyridine rings is 1. The van der Waals surface area contributed by atoms with Gasteiger partial charge in [-0.05, 0) is 25.0 Å². The van der Waals surface area contributed by atoms with Crippen molar-refractivity contribution in [3.8, 4) is 0 Å². The van der Waals surface area contributed by atoms with E-state index in [-0.39, 0.29) is 17.0 Å². The Kier molecular flexibility index (Phi) is 2.56. The third-order valence-electron chi connectivity index (χ3n) is 3.31. The van der Waals surface area contributed by atoms with E-state index < -0.39 is 21.1 Å². The lowest BCUT2D eigenvalue weighted by atomic mass is 10.2. The van der Waals surface area contributed by atoms with Gasteiger partial charge in [-0.2, -0.15) is 0 Å². The smallest absolute Gasteiger partial charge is 0.339 e. The molecule has 1 aliphatic rings. The molecule has 100 valence electrons. The fraction of sp³-hybridized carbons (Fsp3) is 0.364. The van der Waals surface area contributed by atoms with Crippen LogP contribution >= 0.6 is 0 Å². The van der Waals surface area contributed by atoms with Gasteiger partial charge in [0.25, 0.3) is 0 Å². The number of carboxylic acids is 1. The van der Waals surface area contributed by atoms with Crippen LogP contribution in [0.4, 0.5) is 0 Å². The van der Waals surface area contributed by atoms with Gasteiger partial charge in [0.05, 0.1) is 5.75 Å². The van der Waals surface area contributed by atoms with Crippen molar-refractivity contribution in [2.45, 2.75) is 18.1 Å². The minimum Gasteiger partial charge on any atom is -0.478 e. The number of hydrogen-bond acceptors (Lipinski definition) is 5. The second-order valence-electron chi connectivity index (χ2n) is 4.48. The molecule has 0 radical (unpaired) electrons. The number of aromatic nitrogens is 3. The zero-order valence-electron chi connectivity index (χ0n) is 9.85. The molecule has 1 N–H and O–H groups in total. The Morgan fingerprint density at radius 1 is 1.42 bits per heavy atom. The van der Waals surface area contributed by atoms with E-state index in [4.69, 9.17) is 5.11 Å². The number of sulfone groups is 1. The SMILES string of the molecule is O=C(O)c1cccn2c(C3CCCS3(=O)=O)nnc12. The summed E-state index contributed by atoms with van der Waals surface area (Å²) in [6.07, 6.45) is 2.69. The molecule has 1 fully saturated rings. The molecule has 1 unspecified atom stereocenters. The van der Waals surface area contributed by atoms with Gasteiger partial charge >= 0.3 is 5.97 Å². The molecule has 0 amide bonds. The minimum absolute atomic E-state index is 0.0108. The fourth-order valence-electron chi connectivity index (χ4n) is 2.40. The lowest BCUT2D eigenvalue weighted by Crippen LogP contribution is -2.11. The Morgan fingerprint density at radius 2 is 2.21 bits per heavy atom. The van der Waals surface area contributed by atoms with Gasteiger partial charge < -0.3 is 5.11 Å². The Labute approximate surface area is 108 Å². The van der Waals surface area contributed by atoms with Gasteiger partial charge in [-0.25, -0.2) is 13.2 Å².